The molecule has 0 saturated heterocycles. The first-order valence-electron chi connectivity index (χ1n) is 6.62. The highest BCUT2D eigenvalue weighted by molar-refractivity contribution is 5.91. The van der Waals surface area contributed by atoms with Crippen LogP contribution in [-0.4, -0.2) is 16.5 Å². The summed E-state index contributed by atoms with van der Waals surface area (Å²) < 4.78 is 7.50. The largest absolute Gasteiger partial charge is 0.497 e. The van der Waals surface area contributed by atoms with Crippen molar-refractivity contribution in [1.82, 2.24) is 9.38 Å². The smallest absolute Gasteiger partial charge is 0.138 e. The Morgan fingerprint density at radius 2 is 1.85 bits per heavy atom. The van der Waals surface area contributed by atoms with Gasteiger partial charge in [0.2, 0.25) is 0 Å². The number of pyridine rings is 1. The second kappa shape index (κ2) is 3.97. The number of hydrogen-bond acceptors (Lipinski definition) is 2. The standard InChI is InChI=1S/C17H14N2O/c1-11-3-6-14-16(9-11)19-15-7-5-13(20-2)10-12(15)4-8-17(19)18-14/h3-10H,1-2H3. The van der Waals surface area contributed by atoms with Gasteiger partial charge in [-0.15, -0.1) is 0 Å². The SMILES string of the molecule is COc1ccc2c(ccc3nc4ccc(C)cc4n32)c1. The molecular weight excluding hydrogens is 248 g/mol. The van der Waals surface area contributed by atoms with Gasteiger partial charge in [-0.3, -0.25) is 4.40 Å². The van der Waals surface area contributed by atoms with Gasteiger partial charge in [0.15, 0.2) is 0 Å². The molecule has 2 heterocycles. The Balaban J connectivity index is 2.21. The second-order valence-electron chi connectivity index (χ2n) is 5.06. The van der Waals surface area contributed by atoms with E-state index < -0.39 is 0 Å². The summed E-state index contributed by atoms with van der Waals surface area (Å²) in [6.07, 6.45) is 0. The van der Waals surface area contributed by atoms with E-state index in [2.05, 4.69) is 58.8 Å². The molecule has 0 N–H and O–H groups in total. The van der Waals surface area contributed by atoms with Crippen LogP contribution in [0.1, 0.15) is 5.56 Å². The predicted molar refractivity (Wildman–Crippen MR) is 81.5 cm³/mol. The van der Waals surface area contributed by atoms with E-state index in [0.717, 1.165) is 33.3 Å². The molecule has 0 atom stereocenters. The minimum Gasteiger partial charge on any atom is -0.497 e. The van der Waals surface area contributed by atoms with Crippen LogP contribution in [0.4, 0.5) is 0 Å². The Hall–Kier alpha value is -2.55. The van der Waals surface area contributed by atoms with Gasteiger partial charge in [-0.25, -0.2) is 4.98 Å². The summed E-state index contributed by atoms with van der Waals surface area (Å²) in [6, 6.07) is 16.6. The number of nitrogens with zero attached hydrogens (tertiary/aromatic N) is 2. The quantitative estimate of drug-likeness (QED) is 0.519. The topological polar surface area (TPSA) is 26.5 Å². The van der Waals surface area contributed by atoms with Gasteiger partial charge in [-0.1, -0.05) is 6.07 Å². The van der Waals surface area contributed by atoms with Crippen LogP contribution in [0.3, 0.4) is 0 Å². The first kappa shape index (κ1) is 11.3. The Morgan fingerprint density at radius 3 is 2.70 bits per heavy atom. The molecule has 0 radical (unpaired) electrons. The normalized spacial score (nSPS) is 11.5. The average Bonchev–Trinajstić information content (AvgIpc) is 2.84. The molecule has 3 nitrogen and oxygen atoms in total. The summed E-state index contributed by atoms with van der Waals surface area (Å²) in [5.74, 6) is 0.873. The molecule has 0 amide bonds. The lowest BCUT2D eigenvalue weighted by atomic mass is 10.2. The van der Waals surface area contributed by atoms with E-state index in [9.17, 15) is 0 Å². The van der Waals surface area contributed by atoms with Crippen molar-refractivity contribution in [2.45, 2.75) is 6.92 Å². The Labute approximate surface area is 116 Å². The minimum atomic E-state index is 0.873. The molecule has 0 bridgehead atoms. The Bertz CT molecular complexity index is 953. The fourth-order valence-electron chi connectivity index (χ4n) is 2.73. The molecule has 3 heteroatoms. The van der Waals surface area contributed by atoms with Gasteiger partial charge in [-0.05, 0) is 55.0 Å². The van der Waals surface area contributed by atoms with Crippen LogP contribution < -0.4 is 4.74 Å². The number of aryl methyl sites for hydroxylation is 1. The van der Waals surface area contributed by atoms with E-state index in [1.807, 2.05) is 6.07 Å². The summed E-state index contributed by atoms with van der Waals surface area (Å²) in [5, 5.41) is 1.15. The molecule has 0 spiro atoms. The van der Waals surface area contributed by atoms with Gasteiger partial charge in [-0.2, -0.15) is 0 Å². The van der Waals surface area contributed by atoms with Crippen LogP contribution in [-0.2, 0) is 0 Å². The zero-order valence-corrected chi connectivity index (χ0v) is 11.4. The third-order valence-electron chi connectivity index (χ3n) is 3.72. The van der Waals surface area contributed by atoms with E-state index in [-0.39, 0.29) is 0 Å². The van der Waals surface area contributed by atoms with Gasteiger partial charge in [0.25, 0.3) is 0 Å². The van der Waals surface area contributed by atoms with Crippen molar-refractivity contribution in [3.8, 4) is 5.75 Å². The molecule has 0 aliphatic rings. The first-order valence-corrected chi connectivity index (χ1v) is 6.62. The van der Waals surface area contributed by atoms with Crippen LogP contribution in [0.15, 0.2) is 48.5 Å². The molecule has 0 aliphatic carbocycles. The molecule has 0 saturated carbocycles. The van der Waals surface area contributed by atoms with E-state index >= 15 is 0 Å². The number of methoxy groups -OCH3 is 1. The van der Waals surface area contributed by atoms with Gasteiger partial charge in [0.1, 0.15) is 11.4 Å². The van der Waals surface area contributed by atoms with Gasteiger partial charge >= 0.3 is 0 Å². The predicted octanol–water partition coefficient (Wildman–Crippen LogP) is 3.96. The number of imidazole rings is 1. The minimum absolute atomic E-state index is 0.873. The first-order chi connectivity index (χ1) is 9.76. The molecule has 0 unspecified atom stereocenters. The van der Waals surface area contributed by atoms with Crippen LogP contribution in [0.5, 0.6) is 5.75 Å². The van der Waals surface area contributed by atoms with E-state index in [4.69, 9.17) is 4.74 Å². The number of rotatable bonds is 1. The van der Waals surface area contributed by atoms with Crippen LogP contribution in [0.25, 0.3) is 27.6 Å². The summed E-state index contributed by atoms with van der Waals surface area (Å²) >= 11 is 0. The zero-order chi connectivity index (χ0) is 13.7. The molecule has 20 heavy (non-hydrogen) atoms. The highest BCUT2D eigenvalue weighted by Crippen LogP contribution is 2.26. The maximum absolute atomic E-state index is 5.30. The van der Waals surface area contributed by atoms with E-state index in [1.165, 1.54) is 5.56 Å². The van der Waals surface area contributed by atoms with Crippen molar-refractivity contribution in [3.63, 3.8) is 0 Å². The number of fused-ring (bicyclic) bond motifs is 5. The monoisotopic (exact) mass is 262 g/mol. The van der Waals surface area contributed by atoms with Crippen molar-refractivity contribution >= 4 is 27.6 Å². The maximum Gasteiger partial charge on any atom is 0.138 e. The fraction of sp³-hybridized carbons (Fsp3) is 0.118. The summed E-state index contributed by atoms with van der Waals surface area (Å²) in [7, 11) is 1.69. The van der Waals surface area contributed by atoms with Crippen molar-refractivity contribution < 1.29 is 4.74 Å². The molecule has 4 rings (SSSR count). The van der Waals surface area contributed by atoms with Crippen molar-refractivity contribution in [3.05, 3.63) is 54.1 Å². The van der Waals surface area contributed by atoms with Gasteiger partial charge in [0.05, 0.1) is 23.7 Å². The molecule has 2 aromatic carbocycles. The van der Waals surface area contributed by atoms with Crippen LogP contribution in [0.2, 0.25) is 0 Å². The van der Waals surface area contributed by atoms with Crippen molar-refractivity contribution in [2.24, 2.45) is 0 Å². The maximum atomic E-state index is 5.30. The lowest BCUT2D eigenvalue weighted by Gasteiger charge is -2.06. The van der Waals surface area contributed by atoms with E-state index in [0.29, 0.717) is 0 Å². The van der Waals surface area contributed by atoms with E-state index in [1.54, 1.807) is 7.11 Å². The Morgan fingerprint density at radius 1 is 0.950 bits per heavy atom. The number of ether oxygens (including phenoxy) is 1. The molecule has 4 aromatic rings. The molecule has 0 fully saturated rings. The third-order valence-corrected chi connectivity index (χ3v) is 3.72. The summed E-state index contributed by atoms with van der Waals surface area (Å²) in [6.45, 7) is 2.10. The number of aromatic nitrogens is 2. The highest BCUT2D eigenvalue weighted by atomic mass is 16.5. The van der Waals surface area contributed by atoms with Crippen molar-refractivity contribution in [2.75, 3.05) is 7.11 Å². The Kier molecular flexibility index (Phi) is 2.24. The third kappa shape index (κ3) is 1.50. The summed E-state index contributed by atoms with van der Waals surface area (Å²) in [4.78, 5) is 4.68. The second-order valence-corrected chi connectivity index (χ2v) is 5.06. The fourth-order valence-corrected chi connectivity index (χ4v) is 2.73. The van der Waals surface area contributed by atoms with Gasteiger partial charge in [0, 0.05) is 5.39 Å². The highest BCUT2D eigenvalue weighted by Gasteiger charge is 2.08. The van der Waals surface area contributed by atoms with Gasteiger partial charge < -0.3 is 4.74 Å². The lowest BCUT2D eigenvalue weighted by molar-refractivity contribution is 0.415. The average molecular weight is 262 g/mol. The molecule has 98 valence electrons. The zero-order valence-electron chi connectivity index (χ0n) is 11.4. The van der Waals surface area contributed by atoms with Crippen molar-refractivity contribution in [1.29, 1.82) is 0 Å². The molecule has 2 aromatic heterocycles. The van der Waals surface area contributed by atoms with Crippen LogP contribution in [0, 0.1) is 6.92 Å². The number of benzene rings is 2. The lowest BCUT2D eigenvalue weighted by Crippen LogP contribution is -1.90. The van der Waals surface area contributed by atoms with Crippen LogP contribution >= 0.6 is 0 Å². The summed E-state index contributed by atoms with van der Waals surface area (Å²) in [5.41, 5.74) is 5.54. The number of hydrogen-bond donors (Lipinski definition) is 0. The molecule has 0 aliphatic heterocycles. The molecular formula is C17H14N2O.